The maximum Gasteiger partial charge on any atom is 0.329 e. The van der Waals surface area contributed by atoms with Gasteiger partial charge in [-0.25, -0.2) is 4.79 Å². The summed E-state index contributed by atoms with van der Waals surface area (Å²) in [6.07, 6.45) is -1.43. The number of nitrogens with one attached hydrogen (secondary N) is 2. The van der Waals surface area contributed by atoms with Gasteiger partial charge in [0.05, 0.1) is 6.42 Å². The van der Waals surface area contributed by atoms with Crippen LogP contribution in [0.4, 0.5) is 0 Å². The van der Waals surface area contributed by atoms with Crippen molar-refractivity contribution in [3.63, 3.8) is 0 Å². The lowest BCUT2D eigenvalue weighted by Crippen LogP contribution is -2.54. The summed E-state index contributed by atoms with van der Waals surface area (Å²) in [5, 5.41) is 5.45. The molecule has 1 aromatic carbocycles. The van der Waals surface area contributed by atoms with Crippen LogP contribution in [0.25, 0.3) is 0 Å². The second-order valence-corrected chi connectivity index (χ2v) is 12.0. The molecule has 10 heteroatoms. The lowest BCUT2D eigenvalue weighted by Gasteiger charge is -2.32. The average molecular weight is 574 g/mol. The Morgan fingerprint density at radius 1 is 0.805 bits per heavy atom. The Balaban J connectivity index is 2.49. The highest BCUT2D eigenvalue weighted by molar-refractivity contribution is 5.92. The number of hydrogen-bond donors (Lipinski definition) is 2. The third-order valence-electron chi connectivity index (χ3n) is 6.80. The number of cyclic esters (lactones) is 2. The summed E-state index contributed by atoms with van der Waals surface area (Å²) < 4.78 is 11.3. The van der Waals surface area contributed by atoms with Gasteiger partial charge < -0.3 is 25.0 Å². The average Bonchev–Trinajstić information content (AvgIpc) is 2.88. The number of hydrogen-bond acceptors (Lipinski definition) is 7. The van der Waals surface area contributed by atoms with E-state index < -0.39 is 54.0 Å². The van der Waals surface area contributed by atoms with Crippen molar-refractivity contribution in [2.45, 2.75) is 97.9 Å². The van der Waals surface area contributed by atoms with E-state index in [0.717, 1.165) is 5.56 Å². The first kappa shape index (κ1) is 33.8. The SMILES string of the molecule is CC(C)C[C@@H]1NC(=O)[C@@H](CC(C)C)OC(=O)CCNC(=O)[C@@H](Cc2ccccc2)N(C)C(=O)[C@H](CC(C)C)OC1=O. The molecule has 0 radical (unpaired) electrons. The van der Waals surface area contributed by atoms with Gasteiger partial charge in [0, 0.05) is 20.0 Å². The van der Waals surface area contributed by atoms with Crippen LogP contribution in [0.1, 0.15) is 72.8 Å². The molecule has 4 atom stereocenters. The van der Waals surface area contributed by atoms with Crippen LogP contribution in [0.3, 0.4) is 0 Å². The fourth-order valence-corrected chi connectivity index (χ4v) is 4.68. The van der Waals surface area contributed by atoms with Gasteiger partial charge in [-0.1, -0.05) is 71.9 Å². The van der Waals surface area contributed by atoms with Crippen LogP contribution in [0.15, 0.2) is 30.3 Å². The highest BCUT2D eigenvalue weighted by Gasteiger charge is 2.37. The predicted molar refractivity (Wildman–Crippen MR) is 154 cm³/mol. The van der Waals surface area contributed by atoms with Gasteiger partial charge in [-0.05, 0) is 42.6 Å². The maximum absolute atomic E-state index is 13.8. The van der Waals surface area contributed by atoms with Crippen LogP contribution in [-0.4, -0.2) is 72.4 Å². The van der Waals surface area contributed by atoms with E-state index in [1.165, 1.54) is 11.9 Å². The first-order chi connectivity index (χ1) is 19.3. The quantitative estimate of drug-likeness (QED) is 0.457. The van der Waals surface area contributed by atoms with Gasteiger partial charge in [-0.2, -0.15) is 0 Å². The number of carbonyl (C=O) groups excluding carboxylic acids is 5. The second-order valence-electron chi connectivity index (χ2n) is 12.0. The zero-order valence-corrected chi connectivity index (χ0v) is 25.5. The summed E-state index contributed by atoms with van der Waals surface area (Å²) in [6.45, 7) is 11.4. The zero-order chi connectivity index (χ0) is 30.7. The first-order valence-electron chi connectivity index (χ1n) is 14.6. The maximum atomic E-state index is 13.8. The van der Waals surface area contributed by atoms with Crippen molar-refractivity contribution in [3.8, 4) is 0 Å². The molecular weight excluding hydrogens is 526 g/mol. The Labute approximate surface area is 243 Å². The molecule has 3 amide bonds. The van der Waals surface area contributed by atoms with E-state index in [-0.39, 0.29) is 56.4 Å². The summed E-state index contributed by atoms with van der Waals surface area (Å²) in [5.41, 5.74) is 0.842. The Hall–Kier alpha value is -3.43. The predicted octanol–water partition coefficient (Wildman–Crippen LogP) is 3.02. The summed E-state index contributed by atoms with van der Waals surface area (Å²) in [7, 11) is 1.51. The van der Waals surface area contributed by atoms with Gasteiger partial charge in [-0.3, -0.25) is 19.2 Å². The third kappa shape index (κ3) is 11.2. The van der Waals surface area contributed by atoms with Gasteiger partial charge in [-0.15, -0.1) is 0 Å². The van der Waals surface area contributed by atoms with Gasteiger partial charge in [0.1, 0.15) is 12.1 Å². The van der Waals surface area contributed by atoms with Crippen molar-refractivity contribution in [3.05, 3.63) is 35.9 Å². The largest absolute Gasteiger partial charge is 0.452 e. The monoisotopic (exact) mass is 573 g/mol. The molecule has 1 aromatic rings. The molecule has 1 saturated heterocycles. The van der Waals surface area contributed by atoms with Gasteiger partial charge >= 0.3 is 11.9 Å². The third-order valence-corrected chi connectivity index (χ3v) is 6.80. The minimum Gasteiger partial charge on any atom is -0.452 e. The molecular formula is C31H47N3O7. The van der Waals surface area contributed by atoms with Crippen molar-refractivity contribution < 1.29 is 33.4 Å². The minimum atomic E-state index is -1.15. The van der Waals surface area contributed by atoms with E-state index in [4.69, 9.17) is 9.47 Å². The summed E-state index contributed by atoms with van der Waals surface area (Å²) >= 11 is 0. The number of likely N-dealkylation sites (N-methyl/N-ethyl adjacent to an activating group) is 1. The smallest absolute Gasteiger partial charge is 0.329 e. The summed E-state index contributed by atoms with van der Waals surface area (Å²) in [4.78, 5) is 67.8. The van der Waals surface area contributed by atoms with Crippen molar-refractivity contribution in [1.82, 2.24) is 15.5 Å². The first-order valence-corrected chi connectivity index (χ1v) is 14.6. The molecule has 2 N–H and O–H groups in total. The molecule has 41 heavy (non-hydrogen) atoms. The van der Waals surface area contributed by atoms with E-state index in [0.29, 0.717) is 0 Å². The molecule has 0 aromatic heterocycles. The Morgan fingerprint density at radius 3 is 1.98 bits per heavy atom. The van der Waals surface area contributed by atoms with Crippen molar-refractivity contribution in [2.75, 3.05) is 13.6 Å². The normalized spacial score (nSPS) is 23.9. The summed E-state index contributed by atoms with van der Waals surface area (Å²) in [5.74, 6) is -2.91. The lowest BCUT2D eigenvalue weighted by atomic mass is 10.00. The van der Waals surface area contributed by atoms with Gasteiger partial charge in [0.2, 0.25) is 5.91 Å². The molecule has 1 aliphatic rings. The van der Waals surface area contributed by atoms with E-state index in [1.54, 1.807) is 0 Å². The zero-order valence-electron chi connectivity index (χ0n) is 25.5. The number of rotatable bonds is 8. The standard InChI is InChI=1S/C31H47N3O7/c1-19(2)15-23-31(39)41-26(17-21(5)6)30(38)34(7)24(18-22-11-9-8-10-12-22)28(36)32-14-13-27(35)40-25(16-20(3)4)29(37)33-23/h8-12,19-21,23-26H,13-18H2,1-7H3,(H,32,36)(H,33,37)/t23-,24+,25+,26-/m0/s1. The van der Waals surface area contributed by atoms with Gasteiger partial charge in [0.25, 0.3) is 11.8 Å². The molecule has 1 aliphatic heterocycles. The molecule has 0 saturated carbocycles. The van der Waals surface area contributed by atoms with Crippen LogP contribution in [0, 0.1) is 17.8 Å². The highest BCUT2D eigenvalue weighted by atomic mass is 16.6. The Bertz CT molecular complexity index is 1040. The fraction of sp³-hybridized carbons (Fsp3) is 0.645. The van der Waals surface area contributed by atoms with Crippen molar-refractivity contribution in [1.29, 1.82) is 0 Å². The van der Waals surface area contributed by atoms with E-state index in [2.05, 4.69) is 10.6 Å². The Kier molecular flexibility index (Phi) is 13.3. The van der Waals surface area contributed by atoms with Crippen molar-refractivity contribution in [2.24, 2.45) is 17.8 Å². The molecule has 0 unspecified atom stereocenters. The number of esters is 2. The van der Waals surface area contributed by atoms with E-state index in [9.17, 15) is 24.0 Å². The molecule has 0 aliphatic carbocycles. The molecule has 1 heterocycles. The van der Waals surface area contributed by atoms with E-state index in [1.807, 2.05) is 71.9 Å². The number of ether oxygens (including phenoxy) is 2. The molecule has 0 spiro atoms. The topological polar surface area (TPSA) is 131 Å². The number of carbonyl (C=O) groups is 5. The molecule has 2 rings (SSSR count). The molecule has 228 valence electrons. The van der Waals surface area contributed by atoms with Crippen LogP contribution in [0.2, 0.25) is 0 Å². The highest BCUT2D eigenvalue weighted by Crippen LogP contribution is 2.19. The molecule has 1 fully saturated rings. The van der Waals surface area contributed by atoms with Crippen LogP contribution >= 0.6 is 0 Å². The second kappa shape index (κ2) is 16.1. The molecule has 0 bridgehead atoms. The van der Waals surface area contributed by atoms with Gasteiger partial charge in [0.15, 0.2) is 12.2 Å². The number of benzene rings is 1. The molecule has 10 nitrogen and oxygen atoms in total. The van der Waals surface area contributed by atoms with Crippen molar-refractivity contribution >= 4 is 29.7 Å². The van der Waals surface area contributed by atoms with Crippen LogP contribution < -0.4 is 10.6 Å². The fourth-order valence-electron chi connectivity index (χ4n) is 4.68. The summed E-state index contributed by atoms with van der Waals surface area (Å²) in [6, 6.07) is 7.33. The number of amides is 3. The lowest BCUT2D eigenvalue weighted by molar-refractivity contribution is -0.166. The van der Waals surface area contributed by atoms with E-state index >= 15 is 0 Å². The van der Waals surface area contributed by atoms with Crippen LogP contribution in [0.5, 0.6) is 0 Å². The number of nitrogens with zero attached hydrogens (tertiary/aromatic N) is 1. The minimum absolute atomic E-state index is 0.00474. The van der Waals surface area contributed by atoms with Crippen LogP contribution in [-0.2, 0) is 39.9 Å². The Morgan fingerprint density at radius 2 is 1.39 bits per heavy atom.